The molecule has 0 unspecified atom stereocenters. The van der Waals surface area contributed by atoms with Crippen LogP contribution in [0.5, 0.6) is 0 Å². The molecule has 0 fully saturated rings. The fourth-order valence-electron chi connectivity index (χ4n) is 5.05. The third kappa shape index (κ3) is 4.81. The number of hydrogen-bond acceptors (Lipinski definition) is 5. The van der Waals surface area contributed by atoms with E-state index in [4.69, 9.17) is 0 Å². The lowest BCUT2D eigenvalue weighted by Crippen LogP contribution is -2.25. The van der Waals surface area contributed by atoms with Gasteiger partial charge in [0.1, 0.15) is 17.0 Å². The third-order valence-electron chi connectivity index (χ3n) is 6.61. The summed E-state index contributed by atoms with van der Waals surface area (Å²) in [4.78, 5) is 32.7. The lowest BCUT2D eigenvalue weighted by Gasteiger charge is -2.31. The second-order valence-electron chi connectivity index (χ2n) is 10.2. The van der Waals surface area contributed by atoms with Crippen LogP contribution in [0.1, 0.15) is 48.1 Å². The summed E-state index contributed by atoms with van der Waals surface area (Å²) in [5.41, 5.74) is 3.25. The Bertz CT molecular complexity index is 1560. The molecule has 0 atom stereocenters. The van der Waals surface area contributed by atoms with E-state index in [2.05, 4.69) is 21.3 Å². The molecule has 0 radical (unpaired) electrons. The van der Waals surface area contributed by atoms with Crippen molar-refractivity contribution in [3.05, 3.63) is 68.8 Å². The number of aryl methyl sites for hydroxylation is 2. The molecular formula is C28H31FN4O3S. The lowest BCUT2D eigenvalue weighted by molar-refractivity contribution is 0.0818. The predicted molar refractivity (Wildman–Crippen MR) is 147 cm³/mol. The van der Waals surface area contributed by atoms with Crippen molar-refractivity contribution in [2.45, 2.75) is 45.6 Å². The first-order valence-electron chi connectivity index (χ1n) is 12.5. The van der Waals surface area contributed by atoms with Crippen molar-refractivity contribution in [3.8, 4) is 10.4 Å². The number of amides is 1. The maximum atomic E-state index is 14.0. The van der Waals surface area contributed by atoms with Gasteiger partial charge >= 0.3 is 0 Å². The number of fused-ring (bicyclic) bond motifs is 2. The van der Waals surface area contributed by atoms with Gasteiger partial charge in [0, 0.05) is 54.3 Å². The number of nitrogens with one attached hydrogen (secondary N) is 2. The van der Waals surface area contributed by atoms with Gasteiger partial charge in [-0.1, -0.05) is 0 Å². The van der Waals surface area contributed by atoms with Crippen LogP contribution in [-0.4, -0.2) is 39.3 Å². The number of anilines is 2. The lowest BCUT2D eigenvalue weighted by atomic mass is 9.99. The normalized spacial score (nSPS) is 13.7. The fraction of sp³-hybridized carbons (Fsp3) is 0.357. The molecule has 0 saturated carbocycles. The van der Waals surface area contributed by atoms with E-state index in [-0.39, 0.29) is 17.3 Å². The van der Waals surface area contributed by atoms with Gasteiger partial charge in [0.2, 0.25) is 0 Å². The molecule has 9 heteroatoms. The molecule has 37 heavy (non-hydrogen) atoms. The molecule has 5 rings (SSSR count). The van der Waals surface area contributed by atoms with Crippen LogP contribution in [0.3, 0.4) is 0 Å². The van der Waals surface area contributed by atoms with Crippen molar-refractivity contribution >= 4 is 39.5 Å². The molecule has 1 aromatic carbocycles. The van der Waals surface area contributed by atoms with Gasteiger partial charge in [-0.25, -0.2) is 4.39 Å². The molecule has 0 bridgehead atoms. The van der Waals surface area contributed by atoms with Crippen molar-refractivity contribution in [3.63, 3.8) is 0 Å². The molecule has 1 aliphatic heterocycles. The van der Waals surface area contributed by atoms with Crippen molar-refractivity contribution in [2.75, 3.05) is 18.0 Å². The van der Waals surface area contributed by atoms with Gasteiger partial charge in [0.15, 0.2) is 0 Å². The molecule has 7 nitrogen and oxygen atoms in total. The number of aliphatic hydroxyl groups is 1. The molecule has 1 aliphatic rings. The number of pyridine rings is 1. The van der Waals surface area contributed by atoms with Crippen LogP contribution in [0.15, 0.2) is 41.3 Å². The van der Waals surface area contributed by atoms with E-state index in [9.17, 15) is 19.1 Å². The van der Waals surface area contributed by atoms with Gasteiger partial charge in [-0.3, -0.25) is 9.59 Å². The van der Waals surface area contributed by atoms with E-state index in [0.29, 0.717) is 29.6 Å². The molecule has 194 valence electrons. The number of halogens is 1. The summed E-state index contributed by atoms with van der Waals surface area (Å²) in [6.45, 7) is 6.63. The third-order valence-corrected chi connectivity index (χ3v) is 7.77. The Hall–Kier alpha value is -3.43. The number of H-pyrrole nitrogens is 1. The van der Waals surface area contributed by atoms with E-state index >= 15 is 0 Å². The molecule has 0 aliphatic carbocycles. The minimum atomic E-state index is -0.902. The summed E-state index contributed by atoms with van der Waals surface area (Å²) in [6.07, 6.45) is 3.94. The van der Waals surface area contributed by atoms with E-state index in [1.165, 1.54) is 10.6 Å². The van der Waals surface area contributed by atoms with Gasteiger partial charge in [-0.15, -0.1) is 11.3 Å². The van der Waals surface area contributed by atoms with E-state index in [1.54, 1.807) is 50.6 Å². The molecule has 4 aromatic rings. The average molecular weight is 523 g/mol. The maximum Gasteiger partial charge on any atom is 0.274 e. The van der Waals surface area contributed by atoms with Crippen LogP contribution in [0.2, 0.25) is 0 Å². The number of aromatic amines is 1. The Kier molecular flexibility index (Phi) is 6.45. The second-order valence-corrected chi connectivity index (χ2v) is 11.4. The van der Waals surface area contributed by atoms with Crippen molar-refractivity contribution in [2.24, 2.45) is 7.05 Å². The molecular weight excluding hydrogens is 491 g/mol. The summed E-state index contributed by atoms with van der Waals surface area (Å²) in [7, 11) is 1.70. The molecule has 4 heterocycles. The zero-order valence-electron chi connectivity index (χ0n) is 21.4. The first kappa shape index (κ1) is 25.2. The Balaban J connectivity index is 1.74. The Morgan fingerprint density at radius 2 is 2.03 bits per heavy atom. The first-order valence-corrected chi connectivity index (χ1v) is 13.3. The van der Waals surface area contributed by atoms with Gasteiger partial charge in [0.05, 0.1) is 16.2 Å². The summed E-state index contributed by atoms with van der Waals surface area (Å²) in [5, 5.41) is 14.0. The summed E-state index contributed by atoms with van der Waals surface area (Å²) in [5.74, 6) is -0.522. The van der Waals surface area contributed by atoms with E-state index < -0.39 is 5.60 Å². The Morgan fingerprint density at radius 3 is 2.76 bits per heavy atom. The topological polar surface area (TPSA) is 90.4 Å². The highest BCUT2D eigenvalue weighted by atomic mass is 32.1. The quantitative estimate of drug-likeness (QED) is 0.337. The molecule has 0 spiro atoms. The SMILES string of the molecule is CCNC(=O)c1cc2c(-c3sc(CC(C)(C)O)cc3N3CCCc4cc(F)ccc43)cn(C)c(=O)c2[nH]1. The van der Waals surface area contributed by atoms with Crippen LogP contribution in [-0.2, 0) is 19.9 Å². The van der Waals surface area contributed by atoms with Gasteiger partial charge in [-0.05, 0) is 69.5 Å². The number of carbonyl (C=O) groups excluding carboxylic acids is 1. The van der Waals surface area contributed by atoms with Crippen molar-refractivity contribution in [1.29, 1.82) is 0 Å². The predicted octanol–water partition coefficient (Wildman–Crippen LogP) is 4.88. The number of thiophene rings is 1. The van der Waals surface area contributed by atoms with Crippen molar-refractivity contribution < 1.29 is 14.3 Å². The number of rotatable bonds is 6. The average Bonchev–Trinajstić information content (AvgIpc) is 3.45. The van der Waals surface area contributed by atoms with Crippen molar-refractivity contribution in [1.82, 2.24) is 14.9 Å². The summed E-state index contributed by atoms with van der Waals surface area (Å²) in [6, 6.07) is 8.72. The number of benzene rings is 1. The van der Waals surface area contributed by atoms with Crippen LogP contribution in [0, 0.1) is 5.82 Å². The van der Waals surface area contributed by atoms with E-state index in [0.717, 1.165) is 51.6 Å². The van der Waals surface area contributed by atoms with Crippen LogP contribution >= 0.6 is 11.3 Å². The largest absolute Gasteiger partial charge is 0.390 e. The number of carbonyl (C=O) groups is 1. The molecule has 3 N–H and O–H groups in total. The van der Waals surface area contributed by atoms with E-state index in [1.807, 2.05) is 13.0 Å². The van der Waals surface area contributed by atoms with Gasteiger partial charge in [0.25, 0.3) is 11.5 Å². The maximum absolute atomic E-state index is 14.0. The minimum Gasteiger partial charge on any atom is -0.390 e. The number of hydrogen-bond donors (Lipinski definition) is 3. The Morgan fingerprint density at radius 1 is 1.24 bits per heavy atom. The Labute approximate surface area is 218 Å². The highest BCUT2D eigenvalue weighted by Crippen LogP contribution is 2.46. The smallest absolute Gasteiger partial charge is 0.274 e. The minimum absolute atomic E-state index is 0.220. The number of nitrogens with zero attached hydrogens (tertiary/aromatic N) is 2. The fourth-order valence-corrected chi connectivity index (χ4v) is 6.45. The molecule has 0 saturated heterocycles. The van der Waals surface area contributed by atoms with Gasteiger partial charge < -0.3 is 24.9 Å². The van der Waals surface area contributed by atoms with Gasteiger partial charge in [-0.2, -0.15) is 0 Å². The standard InChI is InChI=1S/C28H31FN4O3S/c1-5-30-26(34)21-13-19-20(15-32(4)27(35)24(19)31-21)25-23(12-18(37-25)14-28(2,3)36)33-10-6-7-16-11-17(29)8-9-22(16)33/h8-9,11-13,15,31,36H,5-7,10,14H2,1-4H3,(H,30,34). The highest BCUT2D eigenvalue weighted by Gasteiger charge is 2.27. The van der Waals surface area contributed by atoms with Crippen LogP contribution in [0.4, 0.5) is 15.8 Å². The summed E-state index contributed by atoms with van der Waals surface area (Å²) < 4.78 is 15.5. The first-order chi connectivity index (χ1) is 17.6. The second kappa shape index (κ2) is 9.46. The van der Waals surface area contributed by atoms with Crippen LogP contribution in [0.25, 0.3) is 21.3 Å². The van der Waals surface area contributed by atoms with Crippen LogP contribution < -0.4 is 15.8 Å². The molecule has 3 aromatic heterocycles. The highest BCUT2D eigenvalue weighted by molar-refractivity contribution is 7.16. The zero-order valence-corrected chi connectivity index (χ0v) is 22.3. The summed E-state index contributed by atoms with van der Waals surface area (Å²) >= 11 is 1.56. The molecule has 1 amide bonds. The monoisotopic (exact) mass is 522 g/mol. The zero-order chi connectivity index (χ0) is 26.5. The number of aromatic nitrogens is 2.